The van der Waals surface area contributed by atoms with Gasteiger partial charge < -0.3 is 19.1 Å². The molecule has 2 aromatic heterocycles. The average molecular weight is 404 g/mol. The van der Waals surface area contributed by atoms with Crippen LogP contribution in [0.25, 0.3) is 11.5 Å². The van der Waals surface area contributed by atoms with Gasteiger partial charge in [0.15, 0.2) is 0 Å². The van der Waals surface area contributed by atoms with E-state index in [9.17, 15) is 14.0 Å². The highest BCUT2D eigenvalue weighted by Gasteiger charge is 2.16. The lowest BCUT2D eigenvalue weighted by molar-refractivity contribution is -0.132. The molecule has 0 unspecified atom stereocenters. The van der Waals surface area contributed by atoms with Gasteiger partial charge in [0.1, 0.15) is 11.6 Å². The van der Waals surface area contributed by atoms with Crippen LogP contribution >= 0.6 is 11.8 Å². The Hall–Kier alpha value is -3.14. The molecule has 0 saturated carbocycles. The number of aromatic nitrogens is 2. The molecule has 0 aliphatic carbocycles. The van der Waals surface area contributed by atoms with Crippen LogP contribution in [0.2, 0.25) is 0 Å². The van der Waals surface area contributed by atoms with E-state index in [-0.39, 0.29) is 47.6 Å². The smallest absolute Gasteiger partial charge is 0.277 e. The van der Waals surface area contributed by atoms with Gasteiger partial charge in [0.25, 0.3) is 5.22 Å². The maximum atomic E-state index is 13.0. The van der Waals surface area contributed by atoms with E-state index in [0.29, 0.717) is 11.3 Å². The number of furan rings is 1. The first-order valence-corrected chi connectivity index (χ1v) is 9.25. The number of nitrogens with one attached hydrogen (secondary N) is 1. The Morgan fingerprint density at radius 2 is 2.00 bits per heavy atom. The molecular weight excluding hydrogens is 387 g/mol. The van der Waals surface area contributed by atoms with Crippen molar-refractivity contribution in [1.29, 1.82) is 0 Å². The number of halogens is 1. The highest BCUT2D eigenvalue weighted by Crippen LogP contribution is 2.23. The Kier molecular flexibility index (Phi) is 6.43. The van der Waals surface area contributed by atoms with Gasteiger partial charge in [-0.15, -0.1) is 10.2 Å². The Morgan fingerprint density at radius 3 is 2.71 bits per heavy atom. The van der Waals surface area contributed by atoms with Gasteiger partial charge in [-0.05, 0) is 36.4 Å². The highest BCUT2D eigenvalue weighted by atomic mass is 32.2. The number of carbonyl (C=O) groups excluding carboxylic acids is 2. The summed E-state index contributed by atoms with van der Waals surface area (Å²) in [6, 6.07) is 9.11. The molecule has 0 fully saturated rings. The zero-order valence-corrected chi connectivity index (χ0v) is 15.7. The normalized spacial score (nSPS) is 10.6. The number of nitrogens with zero attached hydrogens (tertiary/aromatic N) is 3. The number of benzene rings is 1. The molecule has 0 aliphatic heterocycles. The summed E-state index contributed by atoms with van der Waals surface area (Å²) in [5.74, 6) is -0.0210. The second-order valence-electron chi connectivity index (χ2n) is 5.77. The summed E-state index contributed by atoms with van der Waals surface area (Å²) >= 11 is 1.06. The largest absolute Gasteiger partial charge is 0.467 e. The molecule has 1 aromatic carbocycles. The van der Waals surface area contributed by atoms with Crippen LogP contribution in [0.5, 0.6) is 0 Å². The predicted molar refractivity (Wildman–Crippen MR) is 98.6 cm³/mol. The fourth-order valence-electron chi connectivity index (χ4n) is 2.17. The van der Waals surface area contributed by atoms with E-state index in [2.05, 4.69) is 15.5 Å². The summed E-state index contributed by atoms with van der Waals surface area (Å²) in [4.78, 5) is 25.4. The van der Waals surface area contributed by atoms with E-state index in [0.717, 1.165) is 11.8 Å². The highest BCUT2D eigenvalue weighted by molar-refractivity contribution is 7.99. The average Bonchev–Trinajstić information content (AvgIpc) is 3.37. The molecule has 0 atom stereocenters. The van der Waals surface area contributed by atoms with Gasteiger partial charge in [0.05, 0.1) is 25.1 Å². The van der Waals surface area contributed by atoms with Gasteiger partial charge in [-0.2, -0.15) is 0 Å². The number of amides is 2. The van der Waals surface area contributed by atoms with Crippen LogP contribution in [0, 0.1) is 5.82 Å². The van der Waals surface area contributed by atoms with Crippen molar-refractivity contribution in [3.8, 4) is 11.5 Å². The number of carbonyl (C=O) groups is 2. The SMILES string of the molecule is CN(CC(=O)NCc1ccco1)C(=O)CSc1nnc(-c2ccc(F)cc2)o1. The molecule has 0 aliphatic rings. The number of thioether (sulfide) groups is 1. The third kappa shape index (κ3) is 5.43. The molecule has 2 heterocycles. The van der Waals surface area contributed by atoms with Crippen LogP contribution in [-0.4, -0.2) is 46.3 Å². The molecule has 3 aromatic rings. The first kappa shape index (κ1) is 19.6. The van der Waals surface area contributed by atoms with Crippen LogP contribution in [-0.2, 0) is 16.1 Å². The van der Waals surface area contributed by atoms with Crippen LogP contribution in [0.4, 0.5) is 4.39 Å². The number of likely N-dealkylation sites (N-methyl/N-ethyl adjacent to an activating group) is 1. The Labute approximate surface area is 164 Å². The molecule has 8 nitrogen and oxygen atoms in total. The van der Waals surface area contributed by atoms with Gasteiger partial charge in [0, 0.05) is 12.6 Å². The Bertz CT molecular complexity index is 927. The molecule has 2 amide bonds. The Morgan fingerprint density at radius 1 is 1.21 bits per heavy atom. The van der Waals surface area contributed by atoms with Crippen LogP contribution in [0.15, 0.2) is 56.7 Å². The third-order valence-electron chi connectivity index (χ3n) is 3.66. The lowest BCUT2D eigenvalue weighted by Crippen LogP contribution is -2.38. The van der Waals surface area contributed by atoms with Gasteiger partial charge in [-0.3, -0.25) is 9.59 Å². The molecule has 0 spiro atoms. The zero-order valence-electron chi connectivity index (χ0n) is 14.9. The molecule has 28 heavy (non-hydrogen) atoms. The van der Waals surface area contributed by atoms with Gasteiger partial charge in [-0.25, -0.2) is 4.39 Å². The number of hydrogen-bond donors (Lipinski definition) is 1. The minimum Gasteiger partial charge on any atom is -0.467 e. The summed E-state index contributed by atoms with van der Waals surface area (Å²) in [5, 5.41) is 10.6. The molecule has 0 radical (unpaired) electrons. The summed E-state index contributed by atoms with van der Waals surface area (Å²) in [6.07, 6.45) is 1.52. The van der Waals surface area contributed by atoms with E-state index < -0.39 is 0 Å². The lowest BCUT2D eigenvalue weighted by Gasteiger charge is -2.15. The van der Waals surface area contributed by atoms with E-state index >= 15 is 0 Å². The van der Waals surface area contributed by atoms with Crippen LogP contribution in [0.1, 0.15) is 5.76 Å². The van der Waals surface area contributed by atoms with Crippen molar-refractivity contribution in [2.45, 2.75) is 11.8 Å². The van der Waals surface area contributed by atoms with Gasteiger partial charge in [0.2, 0.25) is 17.7 Å². The third-order valence-corrected chi connectivity index (χ3v) is 4.47. The summed E-state index contributed by atoms with van der Waals surface area (Å²) in [5.41, 5.74) is 0.581. The van der Waals surface area contributed by atoms with E-state index in [4.69, 9.17) is 8.83 Å². The second-order valence-corrected chi connectivity index (χ2v) is 6.70. The van der Waals surface area contributed by atoms with Gasteiger partial charge in [-0.1, -0.05) is 11.8 Å². The van der Waals surface area contributed by atoms with Crippen molar-refractivity contribution < 1.29 is 22.8 Å². The van der Waals surface area contributed by atoms with E-state index in [1.54, 1.807) is 12.1 Å². The fraction of sp³-hybridized carbons (Fsp3) is 0.222. The summed E-state index contributed by atoms with van der Waals surface area (Å²) in [7, 11) is 1.53. The van der Waals surface area contributed by atoms with Crippen LogP contribution < -0.4 is 5.32 Å². The first-order chi connectivity index (χ1) is 13.5. The van der Waals surface area contributed by atoms with Crippen molar-refractivity contribution in [2.75, 3.05) is 19.3 Å². The van der Waals surface area contributed by atoms with Crippen molar-refractivity contribution >= 4 is 23.6 Å². The zero-order chi connectivity index (χ0) is 19.9. The molecule has 146 valence electrons. The quantitative estimate of drug-likeness (QED) is 0.575. The first-order valence-electron chi connectivity index (χ1n) is 8.26. The number of rotatable bonds is 8. The van der Waals surface area contributed by atoms with Crippen molar-refractivity contribution in [1.82, 2.24) is 20.4 Å². The van der Waals surface area contributed by atoms with Crippen molar-refractivity contribution in [3.63, 3.8) is 0 Å². The standard InChI is InChI=1S/C18H17FN4O4S/c1-23(10-15(24)20-9-14-3-2-8-26-14)16(25)11-28-18-22-21-17(27-18)12-4-6-13(19)7-5-12/h2-8H,9-11H2,1H3,(H,20,24). The predicted octanol–water partition coefficient (Wildman–Crippen LogP) is 2.34. The molecule has 1 N–H and O–H groups in total. The maximum absolute atomic E-state index is 13.0. The molecule has 0 bridgehead atoms. The monoisotopic (exact) mass is 404 g/mol. The van der Waals surface area contributed by atoms with E-state index in [1.807, 2.05) is 0 Å². The molecule has 3 rings (SSSR count). The van der Waals surface area contributed by atoms with Crippen LogP contribution in [0.3, 0.4) is 0 Å². The second kappa shape index (κ2) is 9.18. The summed E-state index contributed by atoms with van der Waals surface area (Å²) < 4.78 is 23.5. The van der Waals surface area contributed by atoms with E-state index in [1.165, 1.54) is 42.5 Å². The summed E-state index contributed by atoms with van der Waals surface area (Å²) in [6.45, 7) is 0.182. The minimum atomic E-state index is -0.361. The fourth-order valence-corrected chi connectivity index (χ4v) is 2.87. The topological polar surface area (TPSA) is 101 Å². The lowest BCUT2D eigenvalue weighted by atomic mass is 10.2. The van der Waals surface area contributed by atoms with Crippen molar-refractivity contribution in [2.24, 2.45) is 0 Å². The molecule has 0 saturated heterocycles. The molecule has 10 heteroatoms. The van der Waals surface area contributed by atoms with Gasteiger partial charge >= 0.3 is 0 Å². The minimum absolute atomic E-state index is 0.0347. The molecular formula is C18H17FN4O4S. The maximum Gasteiger partial charge on any atom is 0.277 e. The number of hydrogen-bond acceptors (Lipinski definition) is 7. The Balaban J connectivity index is 1.44. The van der Waals surface area contributed by atoms with Crippen molar-refractivity contribution in [3.05, 3.63) is 54.2 Å².